The number of sulfonamides is 1. The molecule has 1 heterocycles. The van der Waals surface area contributed by atoms with Gasteiger partial charge in [-0.05, 0) is 32.4 Å². The lowest BCUT2D eigenvalue weighted by atomic mass is 9.89. The van der Waals surface area contributed by atoms with Gasteiger partial charge in [0, 0.05) is 18.5 Å². The van der Waals surface area contributed by atoms with Crippen LogP contribution in [0.1, 0.15) is 44.4 Å². The quantitative estimate of drug-likeness (QED) is 0.806. The third kappa shape index (κ3) is 3.88. The maximum Gasteiger partial charge on any atom is 0.214 e. The van der Waals surface area contributed by atoms with Crippen LogP contribution in [-0.4, -0.2) is 24.1 Å². The molecule has 1 unspecified atom stereocenters. The van der Waals surface area contributed by atoms with Crippen molar-refractivity contribution in [3.8, 4) is 5.75 Å². The number of para-hydroxylation sites is 1. The molecule has 5 heteroatoms. The van der Waals surface area contributed by atoms with Crippen molar-refractivity contribution in [2.75, 3.05) is 5.75 Å². The molecule has 0 saturated carbocycles. The molecule has 2 aromatic carbocycles. The van der Waals surface area contributed by atoms with Crippen LogP contribution in [0.15, 0.2) is 54.6 Å². The molecule has 134 valence electrons. The minimum atomic E-state index is -3.37. The molecule has 0 fully saturated rings. The highest BCUT2D eigenvalue weighted by Crippen LogP contribution is 2.43. The van der Waals surface area contributed by atoms with E-state index in [4.69, 9.17) is 4.74 Å². The molecule has 1 atom stereocenters. The summed E-state index contributed by atoms with van der Waals surface area (Å²) in [4.78, 5) is 0. The van der Waals surface area contributed by atoms with Crippen molar-refractivity contribution in [1.82, 2.24) is 4.31 Å². The summed E-state index contributed by atoms with van der Waals surface area (Å²) in [5, 5.41) is 0. The molecule has 0 saturated heterocycles. The maximum absolute atomic E-state index is 12.9. The fraction of sp³-hybridized carbons (Fsp3) is 0.400. The van der Waals surface area contributed by atoms with Gasteiger partial charge in [-0.15, -0.1) is 0 Å². The summed E-state index contributed by atoms with van der Waals surface area (Å²) in [5.74, 6) is 0.855. The molecule has 0 radical (unpaired) electrons. The Kier molecular flexibility index (Phi) is 4.89. The Morgan fingerprint density at radius 1 is 1.08 bits per heavy atom. The summed E-state index contributed by atoms with van der Waals surface area (Å²) < 4.78 is 33.5. The van der Waals surface area contributed by atoms with Crippen molar-refractivity contribution in [2.24, 2.45) is 0 Å². The van der Waals surface area contributed by atoms with Gasteiger partial charge in [0.05, 0.1) is 11.8 Å². The van der Waals surface area contributed by atoms with Gasteiger partial charge in [-0.2, -0.15) is 4.31 Å². The van der Waals surface area contributed by atoms with Crippen LogP contribution in [0, 0.1) is 0 Å². The van der Waals surface area contributed by atoms with E-state index >= 15 is 0 Å². The van der Waals surface area contributed by atoms with E-state index < -0.39 is 15.6 Å². The van der Waals surface area contributed by atoms with Gasteiger partial charge >= 0.3 is 0 Å². The van der Waals surface area contributed by atoms with Crippen LogP contribution >= 0.6 is 0 Å². The average molecular weight is 359 g/mol. The van der Waals surface area contributed by atoms with Gasteiger partial charge in [0.2, 0.25) is 10.0 Å². The Hall–Kier alpha value is -1.85. The van der Waals surface area contributed by atoms with E-state index in [-0.39, 0.29) is 11.8 Å². The van der Waals surface area contributed by atoms with Crippen LogP contribution in [0.4, 0.5) is 0 Å². The fourth-order valence-electron chi connectivity index (χ4n) is 3.35. The molecule has 0 amide bonds. The van der Waals surface area contributed by atoms with E-state index in [9.17, 15) is 8.42 Å². The van der Waals surface area contributed by atoms with Crippen molar-refractivity contribution < 1.29 is 13.2 Å². The molecule has 3 rings (SSSR count). The Balaban J connectivity index is 2.06. The van der Waals surface area contributed by atoms with Gasteiger partial charge in [-0.25, -0.2) is 8.42 Å². The molecule has 0 aliphatic carbocycles. The third-order valence-electron chi connectivity index (χ3n) is 4.60. The Labute approximate surface area is 150 Å². The second-order valence-corrected chi connectivity index (χ2v) is 9.26. The summed E-state index contributed by atoms with van der Waals surface area (Å²) in [6.07, 6.45) is 0.621. The Morgan fingerprint density at radius 3 is 2.40 bits per heavy atom. The molecule has 0 N–H and O–H groups in total. The summed E-state index contributed by atoms with van der Waals surface area (Å²) in [6, 6.07) is 17.3. The predicted molar refractivity (Wildman–Crippen MR) is 100.0 cm³/mol. The zero-order valence-corrected chi connectivity index (χ0v) is 15.8. The normalized spacial score (nSPS) is 19.3. The standard InChI is InChI=1S/C20H25NO3S/c1-4-25(22,23)21(15-16-10-6-5-7-11-16)18-14-20(2,3)24-19-13-9-8-12-17(18)19/h5-13,18H,4,14-15H2,1-3H3. The van der Waals surface area contributed by atoms with Gasteiger partial charge < -0.3 is 4.74 Å². The number of benzene rings is 2. The van der Waals surface area contributed by atoms with Crippen molar-refractivity contribution >= 4 is 10.0 Å². The Morgan fingerprint density at radius 2 is 1.72 bits per heavy atom. The summed E-state index contributed by atoms with van der Waals surface area (Å²) >= 11 is 0. The molecule has 25 heavy (non-hydrogen) atoms. The van der Waals surface area contributed by atoms with Gasteiger partial charge in [0.1, 0.15) is 11.4 Å². The van der Waals surface area contributed by atoms with Crippen LogP contribution in [0.25, 0.3) is 0 Å². The largest absolute Gasteiger partial charge is 0.487 e. The first kappa shape index (κ1) is 18.0. The van der Waals surface area contributed by atoms with Crippen molar-refractivity contribution in [2.45, 2.75) is 45.4 Å². The first-order valence-electron chi connectivity index (χ1n) is 8.64. The van der Waals surface area contributed by atoms with Crippen molar-refractivity contribution in [3.63, 3.8) is 0 Å². The lowest BCUT2D eigenvalue weighted by Crippen LogP contribution is -2.43. The second-order valence-electron chi connectivity index (χ2n) is 7.05. The molecule has 2 aromatic rings. The zero-order chi connectivity index (χ0) is 18.1. The van der Waals surface area contributed by atoms with E-state index in [2.05, 4.69) is 0 Å². The van der Waals surface area contributed by atoms with Gasteiger partial charge in [-0.3, -0.25) is 0 Å². The molecule has 1 aliphatic rings. The predicted octanol–water partition coefficient (Wildman–Crippen LogP) is 4.14. The highest BCUT2D eigenvalue weighted by molar-refractivity contribution is 7.89. The summed E-state index contributed by atoms with van der Waals surface area (Å²) in [7, 11) is -3.37. The summed E-state index contributed by atoms with van der Waals surface area (Å²) in [6.45, 7) is 6.08. The van der Waals surface area contributed by atoms with Gasteiger partial charge in [0.15, 0.2) is 0 Å². The van der Waals surface area contributed by atoms with Crippen LogP contribution in [-0.2, 0) is 16.6 Å². The van der Waals surface area contributed by atoms with E-state index in [0.717, 1.165) is 16.9 Å². The van der Waals surface area contributed by atoms with Crippen LogP contribution in [0.3, 0.4) is 0 Å². The zero-order valence-electron chi connectivity index (χ0n) is 15.0. The highest BCUT2D eigenvalue weighted by atomic mass is 32.2. The molecule has 4 nitrogen and oxygen atoms in total. The number of nitrogens with zero attached hydrogens (tertiary/aromatic N) is 1. The van der Waals surface area contributed by atoms with Crippen LogP contribution in [0.2, 0.25) is 0 Å². The smallest absolute Gasteiger partial charge is 0.214 e. The van der Waals surface area contributed by atoms with E-state index in [0.29, 0.717) is 13.0 Å². The number of hydrogen-bond acceptors (Lipinski definition) is 3. The van der Waals surface area contributed by atoms with E-state index in [1.165, 1.54) is 0 Å². The maximum atomic E-state index is 12.9. The SMILES string of the molecule is CCS(=O)(=O)N(Cc1ccccc1)C1CC(C)(C)Oc2ccccc21. The monoisotopic (exact) mass is 359 g/mol. The topological polar surface area (TPSA) is 46.6 Å². The van der Waals surface area contributed by atoms with Gasteiger partial charge in [-0.1, -0.05) is 48.5 Å². The fourth-order valence-corrected chi connectivity index (χ4v) is 4.61. The van der Waals surface area contributed by atoms with Crippen molar-refractivity contribution in [1.29, 1.82) is 0 Å². The lowest BCUT2D eigenvalue weighted by Gasteiger charge is -2.42. The molecular weight excluding hydrogens is 334 g/mol. The Bertz CT molecular complexity index is 831. The molecule has 0 spiro atoms. The summed E-state index contributed by atoms with van der Waals surface area (Å²) in [5.41, 5.74) is 1.51. The molecule has 1 aliphatic heterocycles. The van der Waals surface area contributed by atoms with Crippen LogP contribution < -0.4 is 4.74 Å². The number of fused-ring (bicyclic) bond motifs is 1. The average Bonchev–Trinajstić information content (AvgIpc) is 2.59. The molecule has 0 aromatic heterocycles. The first-order chi connectivity index (χ1) is 11.8. The van der Waals surface area contributed by atoms with Crippen LogP contribution in [0.5, 0.6) is 5.75 Å². The first-order valence-corrected chi connectivity index (χ1v) is 10.2. The number of ether oxygens (including phenoxy) is 1. The third-order valence-corrected chi connectivity index (χ3v) is 6.43. The minimum Gasteiger partial charge on any atom is -0.487 e. The molecular formula is C20H25NO3S. The number of rotatable bonds is 5. The van der Waals surface area contributed by atoms with E-state index in [1.807, 2.05) is 68.4 Å². The van der Waals surface area contributed by atoms with E-state index in [1.54, 1.807) is 11.2 Å². The van der Waals surface area contributed by atoms with Crippen molar-refractivity contribution in [3.05, 3.63) is 65.7 Å². The number of hydrogen-bond donors (Lipinski definition) is 0. The lowest BCUT2D eigenvalue weighted by molar-refractivity contribution is 0.0491. The highest BCUT2D eigenvalue weighted by Gasteiger charge is 2.40. The molecule has 0 bridgehead atoms. The van der Waals surface area contributed by atoms with Gasteiger partial charge in [0.25, 0.3) is 0 Å². The second kappa shape index (κ2) is 6.81. The minimum absolute atomic E-state index is 0.0831.